The lowest BCUT2D eigenvalue weighted by molar-refractivity contribution is 0.0527. The zero-order valence-corrected chi connectivity index (χ0v) is 12.4. The van der Waals surface area contributed by atoms with Crippen molar-refractivity contribution in [3.05, 3.63) is 45.2 Å². The molecule has 4 heteroatoms. The molecule has 2 rings (SSSR count). The van der Waals surface area contributed by atoms with Crippen molar-refractivity contribution in [1.29, 1.82) is 0 Å². The summed E-state index contributed by atoms with van der Waals surface area (Å²) in [6, 6.07) is 9.53. The first kappa shape index (κ1) is 13.1. The summed E-state index contributed by atoms with van der Waals surface area (Å²) in [6.07, 6.45) is 0. The molecule has 3 nitrogen and oxygen atoms in total. The molecular formula is C14H13IO3. The Morgan fingerprint density at radius 2 is 2.17 bits per heavy atom. The largest absolute Gasteiger partial charge is 0.462 e. The van der Waals surface area contributed by atoms with Crippen molar-refractivity contribution in [2.75, 3.05) is 6.61 Å². The first-order valence-corrected chi connectivity index (χ1v) is 6.73. The number of furan rings is 1. The normalized spacial score (nSPS) is 10.4. The van der Waals surface area contributed by atoms with Crippen molar-refractivity contribution in [3.63, 3.8) is 0 Å². The van der Waals surface area contributed by atoms with Gasteiger partial charge in [0, 0.05) is 9.13 Å². The highest BCUT2D eigenvalue weighted by Gasteiger charge is 2.19. The van der Waals surface area contributed by atoms with Crippen LogP contribution in [0.3, 0.4) is 0 Å². The lowest BCUT2D eigenvalue weighted by Gasteiger charge is -2.03. The van der Waals surface area contributed by atoms with Crippen LogP contribution < -0.4 is 0 Å². The quantitative estimate of drug-likeness (QED) is 0.616. The third-order valence-electron chi connectivity index (χ3n) is 2.44. The molecule has 0 aliphatic rings. The topological polar surface area (TPSA) is 39.4 Å². The highest BCUT2D eigenvalue weighted by atomic mass is 127. The van der Waals surface area contributed by atoms with Crippen LogP contribution in [-0.2, 0) is 4.74 Å². The minimum absolute atomic E-state index is 0.344. The van der Waals surface area contributed by atoms with Crippen molar-refractivity contribution >= 4 is 28.6 Å². The molecule has 1 heterocycles. The second kappa shape index (κ2) is 5.56. The first-order valence-electron chi connectivity index (χ1n) is 5.65. The van der Waals surface area contributed by atoms with Crippen molar-refractivity contribution in [1.82, 2.24) is 0 Å². The minimum Gasteiger partial charge on any atom is -0.462 e. The summed E-state index contributed by atoms with van der Waals surface area (Å²) in [4.78, 5) is 11.9. The average Bonchev–Trinajstić information content (AvgIpc) is 2.72. The third-order valence-corrected chi connectivity index (χ3v) is 3.11. The van der Waals surface area contributed by atoms with E-state index in [1.54, 1.807) is 13.0 Å². The van der Waals surface area contributed by atoms with Gasteiger partial charge in [-0.1, -0.05) is 12.1 Å². The number of carbonyl (C=O) groups excluding carboxylic acids is 1. The molecule has 94 valence electrons. The van der Waals surface area contributed by atoms with E-state index in [1.807, 2.05) is 31.2 Å². The van der Waals surface area contributed by atoms with Gasteiger partial charge in [0.15, 0.2) is 0 Å². The molecule has 0 bridgehead atoms. The third kappa shape index (κ3) is 2.75. The van der Waals surface area contributed by atoms with E-state index in [0.29, 0.717) is 23.7 Å². The maximum absolute atomic E-state index is 11.9. The van der Waals surface area contributed by atoms with Crippen LogP contribution in [0.1, 0.15) is 23.0 Å². The number of esters is 1. The summed E-state index contributed by atoms with van der Waals surface area (Å²) in [5.74, 6) is 0.930. The molecule has 0 amide bonds. The van der Waals surface area contributed by atoms with Crippen LogP contribution in [0.25, 0.3) is 11.3 Å². The van der Waals surface area contributed by atoms with Gasteiger partial charge in [0.2, 0.25) is 0 Å². The molecular weight excluding hydrogens is 343 g/mol. The standard InChI is InChI=1S/C14H13IO3/c1-3-17-14(16)12-7-9(2)18-13(12)10-5-4-6-11(15)8-10/h4-8H,3H2,1-2H3. The van der Waals surface area contributed by atoms with Crippen LogP contribution in [0.15, 0.2) is 34.7 Å². The van der Waals surface area contributed by atoms with Gasteiger partial charge in [-0.25, -0.2) is 4.79 Å². The molecule has 0 atom stereocenters. The molecule has 0 saturated carbocycles. The Hall–Kier alpha value is -1.30. The van der Waals surface area contributed by atoms with E-state index in [-0.39, 0.29) is 5.97 Å². The zero-order valence-electron chi connectivity index (χ0n) is 10.2. The molecule has 0 fully saturated rings. The predicted octanol–water partition coefficient (Wildman–Crippen LogP) is 4.04. The van der Waals surface area contributed by atoms with Crippen molar-refractivity contribution in [2.45, 2.75) is 13.8 Å². The first-order chi connectivity index (χ1) is 8.61. The number of benzene rings is 1. The van der Waals surface area contributed by atoms with Crippen LogP contribution in [-0.4, -0.2) is 12.6 Å². The highest BCUT2D eigenvalue weighted by molar-refractivity contribution is 14.1. The van der Waals surface area contributed by atoms with Gasteiger partial charge in [-0.2, -0.15) is 0 Å². The smallest absolute Gasteiger partial charge is 0.342 e. The van der Waals surface area contributed by atoms with Crippen molar-refractivity contribution < 1.29 is 13.9 Å². The Morgan fingerprint density at radius 1 is 1.39 bits per heavy atom. The summed E-state index contributed by atoms with van der Waals surface area (Å²) >= 11 is 2.23. The molecule has 0 radical (unpaired) electrons. The second-order valence-corrected chi connectivity index (χ2v) is 5.08. The van der Waals surface area contributed by atoms with Crippen molar-refractivity contribution in [2.24, 2.45) is 0 Å². The molecule has 0 aliphatic heterocycles. The lowest BCUT2D eigenvalue weighted by Crippen LogP contribution is -2.04. The number of carbonyl (C=O) groups is 1. The van der Waals surface area contributed by atoms with E-state index >= 15 is 0 Å². The summed E-state index contributed by atoms with van der Waals surface area (Å²) in [7, 11) is 0. The van der Waals surface area contributed by atoms with Crippen molar-refractivity contribution in [3.8, 4) is 11.3 Å². The van der Waals surface area contributed by atoms with Crippen LogP contribution in [0.2, 0.25) is 0 Å². The zero-order chi connectivity index (χ0) is 13.1. The summed E-state index contributed by atoms with van der Waals surface area (Å²) in [5.41, 5.74) is 1.37. The van der Waals surface area contributed by atoms with E-state index in [4.69, 9.17) is 9.15 Å². The fourth-order valence-electron chi connectivity index (χ4n) is 1.72. The van der Waals surface area contributed by atoms with Gasteiger partial charge in [0.05, 0.1) is 6.61 Å². The Morgan fingerprint density at radius 3 is 2.83 bits per heavy atom. The monoisotopic (exact) mass is 356 g/mol. The molecule has 0 saturated heterocycles. The number of aryl methyl sites for hydroxylation is 1. The molecule has 0 unspecified atom stereocenters. The van der Waals surface area contributed by atoms with Gasteiger partial charge in [-0.05, 0) is 54.6 Å². The Labute approximate surface area is 119 Å². The highest BCUT2D eigenvalue weighted by Crippen LogP contribution is 2.28. The van der Waals surface area contributed by atoms with E-state index in [2.05, 4.69) is 22.6 Å². The Kier molecular flexibility index (Phi) is 4.06. The van der Waals surface area contributed by atoms with Crippen LogP contribution in [0.4, 0.5) is 0 Å². The fraction of sp³-hybridized carbons (Fsp3) is 0.214. The maximum atomic E-state index is 11.9. The van der Waals surface area contributed by atoms with Gasteiger partial charge in [-0.3, -0.25) is 0 Å². The van der Waals surface area contributed by atoms with E-state index in [1.165, 1.54) is 0 Å². The van der Waals surface area contributed by atoms with Crippen LogP contribution in [0, 0.1) is 10.5 Å². The fourth-order valence-corrected chi connectivity index (χ4v) is 2.26. The minimum atomic E-state index is -0.344. The van der Waals surface area contributed by atoms with Crippen LogP contribution >= 0.6 is 22.6 Å². The summed E-state index contributed by atoms with van der Waals surface area (Å²) in [6.45, 7) is 3.96. The predicted molar refractivity (Wildman–Crippen MR) is 77.6 cm³/mol. The molecule has 1 aromatic carbocycles. The van der Waals surface area contributed by atoms with E-state index in [9.17, 15) is 4.79 Å². The van der Waals surface area contributed by atoms with Gasteiger partial charge >= 0.3 is 5.97 Å². The lowest BCUT2D eigenvalue weighted by atomic mass is 10.1. The number of ether oxygens (including phenoxy) is 1. The Balaban J connectivity index is 2.47. The SMILES string of the molecule is CCOC(=O)c1cc(C)oc1-c1cccc(I)c1. The van der Waals surface area contributed by atoms with Gasteiger partial charge in [-0.15, -0.1) is 0 Å². The molecule has 18 heavy (non-hydrogen) atoms. The molecule has 2 aromatic rings. The molecule has 1 aromatic heterocycles. The van der Waals surface area contributed by atoms with E-state index < -0.39 is 0 Å². The Bertz CT molecular complexity index is 572. The molecule has 0 spiro atoms. The van der Waals surface area contributed by atoms with Crippen LogP contribution in [0.5, 0.6) is 0 Å². The number of halogens is 1. The number of hydrogen-bond acceptors (Lipinski definition) is 3. The number of rotatable bonds is 3. The summed E-state index contributed by atoms with van der Waals surface area (Å²) < 4.78 is 11.7. The molecule has 0 aliphatic carbocycles. The second-order valence-electron chi connectivity index (χ2n) is 3.83. The van der Waals surface area contributed by atoms with Gasteiger partial charge in [0.1, 0.15) is 17.1 Å². The van der Waals surface area contributed by atoms with E-state index in [0.717, 1.165) is 9.13 Å². The average molecular weight is 356 g/mol. The van der Waals surface area contributed by atoms with Gasteiger partial charge < -0.3 is 9.15 Å². The molecule has 0 N–H and O–H groups in total. The maximum Gasteiger partial charge on any atom is 0.342 e. The number of hydrogen-bond donors (Lipinski definition) is 0. The van der Waals surface area contributed by atoms with Gasteiger partial charge in [0.25, 0.3) is 0 Å². The summed E-state index contributed by atoms with van der Waals surface area (Å²) in [5, 5.41) is 0.